The fraction of sp³-hybridized carbons (Fsp3) is 0.316. The highest BCUT2D eigenvalue weighted by molar-refractivity contribution is 6.09. The molecular formula is C19H21NO2. The number of hydrogen-bond donors (Lipinski definition) is 0. The number of benzene rings is 2. The van der Waals surface area contributed by atoms with Gasteiger partial charge in [-0.2, -0.15) is 0 Å². The molecule has 0 N–H and O–H groups in total. The SMILES string of the molecule is COc1ccc(C(=O)c2ccccc2)cc1CN1CCCC1. The second kappa shape index (κ2) is 6.75. The van der Waals surface area contributed by atoms with Crippen molar-refractivity contribution in [1.82, 2.24) is 4.90 Å². The second-order valence-corrected chi connectivity index (χ2v) is 5.71. The molecule has 0 atom stereocenters. The van der Waals surface area contributed by atoms with Crippen LogP contribution in [0.25, 0.3) is 0 Å². The van der Waals surface area contributed by atoms with Crippen molar-refractivity contribution in [3.05, 3.63) is 65.2 Å². The summed E-state index contributed by atoms with van der Waals surface area (Å²) in [5.41, 5.74) is 2.53. The van der Waals surface area contributed by atoms with E-state index in [2.05, 4.69) is 4.90 Å². The van der Waals surface area contributed by atoms with Crippen LogP contribution in [0.3, 0.4) is 0 Å². The second-order valence-electron chi connectivity index (χ2n) is 5.71. The van der Waals surface area contributed by atoms with Crippen LogP contribution < -0.4 is 4.74 Å². The van der Waals surface area contributed by atoms with Crippen LogP contribution in [-0.2, 0) is 6.54 Å². The smallest absolute Gasteiger partial charge is 0.193 e. The summed E-state index contributed by atoms with van der Waals surface area (Å²) in [6, 6.07) is 15.1. The van der Waals surface area contributed by atoms with Gasteiger partial charge >= 0.3 is 0 Å². The predicted octanol–water partition coefficient (Wildman–Crippen LogP) is 3.52. The number of ketones is 1. The number of likely N-dealkylation sites (tertiary alicyclic amines) is 1. The van der Waals surface area contributed by atoms with Crippen molar-refractivity contribution in [1.29, 1.82) is 0 Å². The lowest BCUT2D eigenvalue weighted by Gasteiger charge is -2.17. The highest BCUT2D eigenvalue weighted by Crippen LogP contribution is 2.24. The molecule has 2 aromatic carbocycles. The van der Waals surface area contributed by atoms with Crippen LogP contribution in [0.15, 0.2) is 48.5 Å². The topological polar surface area (TPSA) is 29.5 Å². The van der Waals surface area contributed by atoms with E-state index in [9.17, 15) is 4.79 Å². The lowest BCUT2D eigenvalue weighted by atomic mass is 10.0. The Morgan fingerprint density at radius 2 is 1.77 bits per heavy atom. The minimum absolute atomic E-state index is 0.0610. The number of ether oxygens (including phenoxy) is 1. The van der Waals surface area contributed by atoms with Gasteiger partial charge in [0, 0.05) is 23.2 Å². The van der Waals surface area contributed by atoms with Gasteiger partial charge in [-0.1, -0.05) is 30.3 Å². The lowest BCUT2D eigenvalue weighted by molar-refractivity contribution is 0.103. The quantitative estimate of drug-likeness (QED) is 0.790. The first-order valence-corrected chi connectivity index (χ1v) is 7.77. The largest absolute Gasteiger partial charge is 0.496 e. The van der Waals surface area contributed by atoms with Gasteiger partial charge in [-0.15, -0.1) is 0 Å². The average Bonchev–Trinajstić information content (AvgIpc) is 3.08. The van der Waals surface area contributed by atoms with Gasteiger partial charge in [0.1, 0.15) is 5.75 Å². The fourth-order valence-corrected chi connectivity index (χ4v) is 2.98. The molecule has 3 rings (SSSR count). The Hall–Kier alpha value is -2.13. The van der Waals surface area contributed by atoms with E-state index in [-0.39, 0.29) is 5.78 Å². The van der Waals surface area contributed by atoms with E-state index in [1.54, 1.807) is 7.11 Å². The Balaban J connectivity index is 1.87. The minimum atomic E-state index is 0.0610. The first-order valence-electron chi connectivity index (χ1n) is 7.77. The van der Waals surface area contributed by atoms with Crippen molar-refractivity contribution in [2.75, 3.05) is 20.2 Å². The van der Waals surface area contributed by atoms with E-state index in [0.29, 0.717) is 0 Å². The highest BCUT2D eigenvalue weighted by Gasteiger charge is 2.16. The average molecular weight is 295 g/mol. The molecule has 1 aliphatic heterocycles. The maximum absolute atomic E-state index is 12.6. The molecule has 1 heterocycles. The maximum atomic E-state index is 12.6. The molecule has 1 fully saturated rings. The molecule has 0 unspecified atom stereocenters. The summed E-state index contributed by atoms with van der Waals surface area (Å²) in [5.74, 6) is 0.919. The first-order chi connectivity index (χ1) is 10.8. The van der Waals surface area contributed by atoms with E-state index < -0.39 is 0 Å². The van der Waals surface area contributed by atoms with Gasteiger partial charge in [-0.25, -0.2) is 0 Å². The van der Waals surface area contributed by atoms with Gasteiger partial charge in [0.15, 0.2) is 5.78 Å². The molecule has 3 nitrogen and oxygen atoms in total. The van der Waals surface area contributed by atoms with E-state index in [4.69, 9.17) is 4.74 Å². The van der Waals surface area contributed by atoms with Crippen molar-refractivity contribution in [3.8, 4) is 5.75 Å². The minimum Gasteiger partial charge on any atom is -0.496 e. The van der Waals surface area contributed by atoms with Crippen molar-refractivity contribution in [2.24, 2.45) is 0 Å². The molecule has 1 saturated heterocycles. The van der Waals surface area contributed by atoms with Gasteiger partial charge in [-0.05, 0) is 44.1 Å². The van der Waals surface area contributed by atoms with Gasteiger partial charge < -0.3 is 4.74 Å². The number of rotatable bonds is 5. The Morgan fingerprint density at radius 3 is 2.45 bits per heavy atom. The van der Waals surface area contributed by atoms with Crippen LogP contribution >= 0.6 is 0 Å². The Bertz CT molecular complexity index is 646. The van der Waals surface area contributed by atoms with Gasteiger partial charge in [0.05, 0.1) is 7.11 Å². The Kier molecular flexibility index (Phi) is 4.54. The molecule has 0 spiro atoms. The van der Waals surface area contributed by atoms with Crippen molar-refractivity contribution in [2.45, 2.75) is 19.4 Å². The van der Waals surface area contributed by atoms with E-state index >= 15 is 0 Å². The van der Waals surface area contributed by atoms with E-state index in [1.807, 2.05) is 48.5 Å². The van der Waals surface area contributed by atoms with Crippen LogP contribution in [0.4, 0.5) is 0 Å². The standard InChI is InChI=1S/C19H21NO2/c1-22-18-10-9-16(19(21)15-7-3-2-4-8-15)13-17(18)14-20-11-5-6-12-20/h2-4,7-10,13H,5-6,11-12,14H2,1H3. The number of nitrogens with zero attached hydrogens (tertiary/aromatic N) is 1. The predicted molar refractivity (Wildman–Crippen MR) is 87.4 cm³/mol. The summed E-state index contributed by atoms with van der Waals surface area (Å²) in [7, 11) is 1.68. The van der Waals surface area contributed by atoms with Gasteiger partial charge in [-0.3, -0.25) is 9.69 Å². The molecule has 1 aliphatic rings. The lowest BCUT2D eigenvalue weighted by Crippen LogP contribution is -2.19. The fourth-order valence-electron chi connectivity index (χ4n) is 2.98. The van der Waals surface area contributed by atoms with Crippen molar-refractivity contribution in [3.63, 3.8) is 0 Å². The first kappa shape index (κ1) is 14.8. The number of carbonyl (C=O) groups excluding carboxylic acids is 1. The van der Waals surface area contributed by atoms with Crippen molar-refractivity contribution < 1.29 is 9.53 Å². The number of hydrogen-bond acceptors (Lipinski definition) is 3. The number of methoxy groups -OCH3 is 1. The molecule has 22 heavy (non-hydrogen) atoms. The molecule has 0 amide bonds. The molecular weight excluding hydrogens is 274 g/mol. The third-order valence-corrected chi connectivity index (χ3v) is 4.17. The Labute approximate surface area is 131 Å². The summed E-state index contributed by atoms with van der Waals surface area (Å²) in [4.78, 5) is 15.0. The van der Waals surface area contributed by atoms with Gasteiger partial charge in [0.25, 0.3) is 0 Å². The number of carbonyl (C=O) groups is 1. The zero-order chi connectivity index (χ0) is 15.4. The third-order valence-electron chi connectivity index (χ3n) is 4.17. The highest BCUT2D eigenvalue weighted by atomic mass is 16.5. The zero-order valence-electron chi connectivity index (χ0n) is 12.9. The van der Waals surface area contributed by atoms with Crippen LogP contribution in [0.1, 0.15) is 34.3 Å². The third kappa shape index (κ3) is 3.20. The monoisotopic (exact) mass is 295 g/mol. The molecule has 114 valence electrons. The molecule has 0 saturated carbocycles. The van der Waals surface area contributed by atoms with Crippen LogP contribution in [-0.4, -0.2) is 30.9 Å². The molecule has 0 aliphatic carbocycles. The summed E-state index contributed by atoms with van der Waals surface area (Å²) >= 11 is 0. The molecule has 2 aromatic rings. The molecule has 0 radical (unpaired) electrons. The normalized spacial score (nSPS) is 15.0. The summed E-state index contributed by atoms with van der Waals surface area (Å²) in [5, 5.41) is 0. The summed E-state index contributed by atoms with van der Waals surface area (Å²) in [6.45, 7) is 3.10. The zero-order valence-corrected chi connectivity index (χ0v) is 12.9. The van der Waals surface area contributed by atoms with Crippen LogP contribution in [0.5, 0.6) is 5.75 Å². The van der Waals surface area contributed by atoms with E-state index in [1.165, 1.54) is 12.8 Å². The molecule has 0 bridgehead atoms. The summed E-state index contributed by atoms with van der Waals surface area (Å²) < 4.78 is 5.46. The van der Waals surface area contributed by atoms with Crippen molar-refractivity contribution >= 4 is 5.78 Å². The van der Waals surface area contributed by atoms with Gasteiger partial charge in [0.2, 0.25) is 0 Å². The summed E-state index contributed by atoms with van der Waals surface area (Å²) in [6.07, 6.45) is 2.51. The molecule has 3 heteroatoms. The van der Waals surface area contributed by atoms with E-state index in [0.717, 1.165) is 42.1 Å². The molecule has 0 aromatic heterocycles. The van der Waals surface area contributed by atoms with Crippen LogP contribution in [0.2, 0.25) is 0 Å². The maximum Gasteiger partial charge on any atom is 0.193 e. The van der Waals surface area contributed by atoms with Crippen LogP contribution in [0, 0.1) is 0 Å². The Morgan fingerprint density at radius 1 is 1.05 bits per heavy atom.